The summed E-state index contributed by atoms with van der Waals surface area (Å²) in [5.74, 6) is -0.605. The van der Waals surface area contributed by atoms with Crippen molar-refractivity contribution < 1.29 is 9.90 Å². The normalized spacial score (nSPS) is 11.0. The average Bonchev–Trinajstić information content (AvgIpc) is 2.49. The summed E-state index contributed by atoms with van der Waals surface area (Å²) in [4.78, 5) is 28.9. The maximum atomic E-state index is 12.2. The molecule has 0 spiro atoms. The van der Waals surface area contributed by atoms with Crippen LogP contribution in [0.1, 0.15) is 16.3 Å². The molecule has 0 aromatic carbocycles. The number of carboxylic acids is 1. The molecule has 1 N–H and O–H groups in total. The Kier molecular flexibility index (Phi) is 2.74. The molecule has 0 fully saturated rings. The minimum absolute atomic E-state index is 0.267. The van der Waals surface area contributed by atoms with Gasteiger partial charge in [-0.1, -0.05) is 0 Å². The van der Waals surface area contributed by atoms with E-state index in [1.165, 1.54) is 15.9 Å². The first-order valence-electron chi connectivity index (χ1n) is 5.10. The first kappa shape index (κ1) is 11.8. The molecule has 0 amide bonds. The molecule has 0 bridgehead atoms. The molecular weight excluding hydrogens is 240 g/mol. The van der Waals surface area contributed by atoms with E-state index in [1.807, 2.05) is 13.8 Å². The van der Waals surface area contributed by atoms with Crippen molar-refractivity contribution in [1.82, 2.24) is 9.55 Å². The number of fused-ring (bicyclic) bond motifs is 1. The number of aliphatic carboxylic acids is 1. The first-order valence-corrected chi connectivity index (χ1v) is 5.92. The van der Waals surface area contributed by atoms with Gasteiger partial charge in [-0.2, -0.15) is 0 Å². The van der Waals surface area contributed by atoms with Gasteiger partial charge in [-0.05, 0) is 26.3 Å². The lowest BCUT2D eigenvalue weighted by molar-refractivity contribution is -0.137. The first-order chi connectivity index (χ1) is 7.91. The Labute approximate surface area is 101 Å². The van der Waals surface area contributed by atoms with E-state index in [2.05, 4.69) is 4.98 Å². The quantitative estimate of drug-likeness (QED) is 0.878. The predicted molar refractivity (Wildman–Crippen MR) is 65.7 cm³/mol. The molecular formula is C11H12N2O3S. The fourth-order valence-corrected chi connectivity index (χ4v) is 2.82. The van der Waals surface area contributed by atoms with Crippen molar-refractivity contribution in [1.29, 1.82) is 0 Å². The Morgan fingerprint density at radius 2 is 2.06 bits per heavy atom. The van der Waals surface area contributed by atoms with Crippen LogP contribution in [0.4, 0.5) is 0 Å². The SMILES string of the molecule is Cc1sc2nc(C)n(CC(=O)O)c(=O)c2c1C. The Bertz CT molecular complexity index is 669. The van der Waals surface area contributed by atoms with Crippen LogP contribution in [0.5, 0.6) is 0 Å². The van der Waals surface area contributed by atoms with E-state index < -0.39 is 5.97 Å². The van der Waals surface area contributed by atoms with Gasteiger partial charge in [0.2, 0.25) is 0 Å². The van der Waals surface area contributed by atoms with Crippen molar-refractivity contribution >= 4 is 27.5 Å². The number of nitrogens with zero attached hydrogens (tertiary/aromatic N) is 2. The molecule has 0 saturated heterocycles. The number of carboxylic acid groups (broad SMARTS) is 1. The zero-order valence-electron chi connectivity index (χ0n) is 9.77. The number of thiophene rings is 1. The molecule has 17 heavy (non-hydrogen) atoms. The van der Waals surface area contributed by atoms with Crippen LogP contribution in [0.15, 0.2) is 4.79 Å². The van der Waals surface area contributed by atoms with Crippen LogP contribution in [0.3, 0.4) is 0 Å². The third kappa shape index (κ3) is 1.84. The third-order valence-electron chi connectivity index (χ3n) is 2.77. The largest absolute Gasteiger partial charge is 0.480 e. The van der Waals surface area contributed by atoms with Crippen LogP contribution in [-0.4, -0.2) is 20.6 Å². The molecule has 0 aliphatic rings. The second kappa shape index (κ2) is 3.96. The standard InChI is InChI=1S/C11H12N2O3S/c1-5-6(2)17-10-9(5)11(16)13(4-8(14)15)7(3)12-10/h4H2,1-3H3,(H,14,15). The molecule has 6 heteroatoms. The number of aromatic nitrogens is 2. The number of carbonyl (C=O) groups is 1. The lowest BCUT2D eigenvalue weighted by atomic mass is 10.2. The van der Waals surface area contributed by atoms with Gasteiger partial charge in [0.25, 0.3) is 5.56 Å². The molecule has 2 heterocycles. The summed E-state index contributed by atoms with van der Waals surface area (Å²) in [5.41, 5.74) is 0.624. The molecule has 0 saturated carbocycles. The highest BCUT2D eigenvalue weighted by Crippen LogP contribution is 2.25. The summed E-state index contributed by atoms with van der Waals surface area (Å²) in [5, 5.41) is 9.32. The summed E-state index contributed by atoms with van der Waals surface area (Å²) in [6.45, 7) is 5.09. The van der Waals surface area contributed by atoms with Gasteiger partial charge in [0.15, 0.2) is 0 Å². The number of hydrogen-bond donors (Lipinski definition) is 1. The highest BCUT2D eigenvalue weighted by atomic mass is 32.1. The summed E-state index contributed by atoms with van der Waals surface area (Å²) in [7, 11) is 0. The van der Waals surface area contributed by atoms with Crippen molar-refractivity contribution in [3.05, 3.63) is 26.6 Å². The molecule has 2 aromatic heterocycles. The van der Waals surface area contributed by atoms with E-state index in [-0.39, 0.29) is 12.1 Å². The highest BCUT2D eigenvalue weighted by Gasteiger charge is 2.15. The van der Waals surface area contributed by atoms with Gasteiger partial charge < -0.3 is 5.11 Å². The Morgan fingerprint density at radius 3 is 2.65 bits per heavy atom. The van der Waals surface area contributed by atoms with Gasteiger partial charge in [-0.15, -0.1) is 11.3 Å². The van der Waals surface area contributed by atoms with Crippen molar-refractivity contribution in [3.63, 3.8) is 0 Å². The predicted octanol–water partition coefficient (Wildman–Crippen LogP) is 1.47. The fraction of sp³-hybridized carbons (Fsp3) is 0.364. The molecule has 2 rings (SSSR count). The maximum Gasteiger partial charge on any atom is 0.323 e. The summed E-state index contributed by atoms with van der Waals surface area (Å²) < 4.78 is 1.20. The second-order valence-corrected chi connectivity index (χ2v) is 5.11. The van der Waals surface area contributed by atoms with E-state index in [4.69, 9.17) is 5.11 Å². The second-order valence-electron chi connectivity index (χ2n) is 3.91. The van der Waals surface area contributed by atoms with Crippen molar-refractivity contribution in [2.75, 3.05) is 0 Å². The summed E-state index contributed by atoms with van der Waals surface area (Å²) in [6.07, 6.45) is 0. The molecule has 2 aromatic rings. The number of rotatable bonds is 2. The average molecular weight is 252 g/mol. The van der Waals surface area contributed by atoms with Crippen LogP contribution >= 0.6 is 11.3 Å². The Hall–Kier alpha value is -1.69. The molecule has 90 valence electrons. The van der Waals surface area contributed by atoms with Crippen LogP contribution in [-0.2, 0) is 11.3 Å². The van der Waals surface area contributed by atoms with E-state index in [0.29, 0.717) is 16.0 Å². The van der Waals surface area contributed by atoms with Crippen molar-refractivity contribution in [3.8, 4) is 0 Å². The fourth-order valence-electron chi connectivity index (χ4n) is 1.75. The van der Waals surface area contributed by atoms with E-state index in [1.54, 1.807) is 6.92 Å². The highest BCUT2D eigenvalue weighted by molar-refractivity contribution is 7.18. The van der Waals surface area contributed by atoms with Gasteiger partial charge in [-0.3, -0.25) is 14.2 Å². The monoisotopic (exact) mass is 252 g/mol. The minimum atomic E-state index is -1.04. The lowest BCUT2D eigenvalue weighted by Crippen LogP contribution is -2.27. The van der Waals surface area contributed by atoms with Crippen LogP contribution < -0.4 is 5.56 Å². The smallest absolute Gasteiger partial charge is 0.323 e. The van der Waals surface area contributed by atoms with Crippen LogP contribution in [0.2, 0.25) is 0 Å². The Morgan fingerprint density at radius 1 is 1.41 bits per heavy atom. The van der Waals surface area contributed by atoms with Gasteiger partial charge in [0.05, 0.1) is 5.39 Å². The summed E-state index contributed by atoms with van der Waals surface area (Å²) >= 11 is 1.46. The molecule has 0 aliphatic heterocycles. The summed E-state index contributed by atoms with van der Waals surface area (Å²) in [6, 6.07) is 0. The molecule has 5 nitrogen and oxygen atoms in total. The maximum absolute atomic E-state index is 12.2. The lowest BCUT2D eigenvalue weighted by Gasteiger charge is -2.06. The van der Waals surface area contributed by atoms with E-state index in [0.717, 1.165) is 10.4 Å². The van der Waals surface area contributed by atoms with Gasteiger partial charge >= 0.3 is 5.97 Å². The molecule has 0 radical (unpaired) electrons. The van der Waals surface area contributed by atoms with E-state index in [9.17, 15) is 9.59 Å². The van der Waals surface area contributed by atoms with Crippen molar-refractivity contribution in [2.45, 2.75) is 27.3 Å². The number of hydrogen-bond acceptors (Lipinski definition) is 4. The zero-order valence-corrected chi connectivity index (χ0v) is 10.6. The van der Waals surface area contributed by atoms with E-state index >= 15 is 0 Å². The van der Waals surface area contributed by atoms with Gasteiger partial charge in [0, 0.05) is 4.88 Å². The van der Waals surface area contributed by atoms with Crippen LogP contribution in [0, 0.1) is 20.8 Å². The topological polar surface area (TPSA) is 72.2 Å². The van der Waals surface area contributed by atoms with Gasteiger partial charge in [0.1, 0.15) is 17.2 Å². The minimum Gasteiger partial charge on any atom is -0.480 e. The number of aryl methyl sites for hydroxylation is 3. The Balaban J connectivity index is 2.83. The van der Waals surface area contributed by atoms with Crippen LogP contribution in [0.25, 0.3) is 10.2 Å². The zero-order chi connectivity index (χ0) is 12.7. The molecule has 0 unspecified atom stereocenters. The van der Waals surface area contributed by atoms with Gasteiger partial charge in [-0.25, -0.2) is 4.98 Å². The molecule has 0 aliphatic carbocycles. The third-order valence-corrected chi connectivity index (χ3v) is 3.87. The molecule has 0 atom stereocenters. The van der Waals surface area contributed by atoms with Crippen molar-refractivity contribution in [2.24, 2.45) is 0 Å².